The van der Waals surface area contributed by atoms with Crippen LogP contribution in [0.15, 0.2) is 23.8 Å². The van der Waals surface area contributed by atoms with Crippen LogP contribution in [0.1, 0.15) is 13.3 Å². The van der Waals surface area contributed by atoms with E-state index in [2.05, 4.69) is 31.0 Å². The average Bonchev–Trinajstić information content (AvgIpc) is 2.29. The number of allylic oxidation sites excluding steroid dienone is 2. The molecule has 88 valence electrons. The molecule has 0 aromatic heterocycles. The summed E-state index contributed by atoms with van der Waals surface area (Å²) >= 11 is 0. The van der Waals surface area contributed by atoms with Gasteiger partial charge < -0.3 is 9.80 Å². The number of hydrogen-bond donors (Lipinski definition) is 0. The standard InChI is InChI=1S/C13H20N2O/c1-11-4-3-5-12(10-11)13(16)15-8-6-14(2)7-9-15/h3,5,10-11H,4,6-9H2,1-2H3. The molecule has 3 heteroatoms. The second-order valence-electron chi connectivity index (χ2n) is 4.83. The van der Waals surface area contributed by atoms with Gasteiger partial charge in [-0.25, -0.2) is 0 Å². The van der Waals surface area contributed by atoms with E-state index < -0.39 is 0 Å². The summed E-state index contributed by atoms with van der Waals surface area (Å²) in [6, 6.07) is 0. The van der Waals surface area contributed by atoms with E-state index >= 15 is 0 Å². The van der Waals surface area contributed by atoms with Crippen molar-refractivity contribution in [1.82, 2.24) is 9.80 Å². The first-order valence-corrected chi connectivity index (χ1v) is 6.03. The van der Waals surface area contributed by atoms with E-state index in [0.29, 0.717) is 5.92 Å². The van der Waals surface area contributed by atoms with Gasteiger partial charge in [-0.15, -0.1) is 0 Å². The van der Waals surface area contributed by atoms with E-state index in [1.165, 1.54) is 0 Å². The highest BCUT2D eigenvalue weighted by Crippen LogP contribution is 2.18. The molecule has 3 nitrogen and oxygen atoms in total. The Hall–Kier alpha value is -1.09. The molecule has 2 rings (SSSR count). The smallest absolute Gasteiger partial charge is 0.253 e. The fraction of sp³-hybridized carbons (Fsp3) is 0.615. The highest BCUT2D eigenvalue weighted by molar-refractivity contribution is 5.96. The van der Waals surface area contributed by atoms with Crippen molar-refractivity contribution in [2.24, 2.45) is 5.92 Å². The lowest BCUT2D eigenvalue weighted by Gasteiger charge is -2.33. The fourth-order valence-electron chi connectivity index (χ4n) is 2.17. The van der Waals surface area contributed by atoms with Gasteiger partial charge in [-0.05, 0) is 19.4 Å². The highest BCUT2D eigenvalue weighted by Gasteiger charge is 2.21. The van der Waals surface area contributed by atoms with Crippen molar-refractivity contribution in [2.75, 3.05) is 33.2 Å². The van der Waals surface area contributed by atoms with Crippen molar-refractivity contribution >= 4 is 5.91 Å². The summed E-state index contributed by atoms with van der Waals surface area (Å²) in [5.74, 6) is 0.701. The van der Waals surface area contributed by atoms with E-state index in [0.717, 1.165) is 38.2 Å². The van der Waals surface area contributed by atoms with Crippen LogP contribution in [0.25, 0.3) is 0 Å². The minimum atomic E-state index is 0.205. The molecule has 1 unspecified atom stereocenters. The van der Waals surface area contributed by atoms with Crippen LogP contribution >= 0.6 is 0 Å². The largest absolute Gasteiger partial charge is 0.336 e. The third kappa shape index (κ3) is 2.53. The molecule has 1 amide bonds. The van der Waals surface area contributed by atoms with Gasteiger partial charge in [-0.3, -0.25) is 4.79 Å². The zero-order valence-electron chi connectivity index (χ0n) is 10.1. The van der Waals surface area contributed by atoms with E-state index in [1.807, 2.05) is 11.0 Å². The Balaban J connectivity index is 1.99. The van der Waals surface area contributed by atoms with Gasteiger partial charge in [0.25, 0.3) is 5.91 Å². The van der Waals surface area contributed by atoms with E-state index in [4.69, 9.17) is 0 Å². The van der Waals surface area contributed by atoms with Gasteiger partial charge in [0.15, 0.2) is 0 Å². The molecule has 1 heterocycles. The molecule has 0 spiro atoms. The molecule has 1 fully saturated rings. The molecular formula is C13H20N2O. The van der Waals surface area contributed by atoms with E-state index in [9.17, 15) is 4.79 Å². The first kappa shape index (κ1) is 11.4. The Morgan fingerprint density at radius 2 is 2.00 bits per heavy atom. The van der Waals surface area contributed by atoms with Crippen LogP contribution in [0.5, 0.6) is 0 Å². The van der Waals surface area contributed by atoms with Crippen molar-refractivity contribution in [3.8, 4) is 0 Å². The highest BCUT2D eigenvalue weighted by atomic mass is 16.2. The van der Waals surface area contributed by atoms with Gasteiger partial charge in [-0.1, -0.05) is 25.2 Å². The van der Waals surface area contributed by atoms with Crippen molar-refractivity contribution in [3.05, 3.63) is 23.8 Å². The molecule has 0 saturated carbocycles. The Morgan fingerprint density at radius 3 is 2.62 bits per heavy atom. The van der Waals surface area contributed by atoms with Gasteiger partial charge in [-0.2, -0.15) is 0 Å². The molecule has 1 atom stereocenters. The molecule has 0 aromatic carbocycles. The molecule has 1 saturated heterocycles. The summed E-state index contributed by atoms with van der Waals surface area (Å²) in [6.07, 6.45) is 7.23. The summed E-state index contributed by atoms with van der Waals surface area (Å²) in [7, 11) is 2.10. The van der Waals surface area contributed by atoms with Gasteiger partial charge >= 0.3 is 0 Å². The number of likely N-dealkylation sites (N-methyl/N-ethyl adjacent to an activating group) is 1. The molecule has 2 aliphatic rings. The number of amides is 1. The summed E-state index contributed by atoms with van der Waals surface area (Å²) in [4.78, 5) is 16.4. The minimum Gasteiger partial charge on any atom is -0.336 e. The molecule has 1 aliphatic heterocycles. The van der Waals surface area contributed by atoms with Crippen LogP contribution in [0.4, 0.5) is 0 Å². The molecule has 16 heavy (non-hydrogen) atoms. The van der Waals surface area contributed by atoms with E-state index in [1.54, 1.807) is 0 Å². The average molecular weight is 220 g/mol. The number of piperazine rings is 1. The van der Waals surface area contributed by atoms with Crippen LogP contribution in [0.2, 0.25) is 0 Å². The molecule has 0 bridgehead atoms. The monoisotopic (exact) mass is 220 g/mol. The lowest BCUT2D eigenvalue weighted by Crippen LogP contribution is -2.47. The first-order valence-electron chi connectivity index (χ1n) is 6.03. The zero-order chi connectivity index (χ0) is 11.5. The number of rotatable bonds is 1. The maximum absolute atomic E-state index is 12.2. The Kier molecular flexibility index (Phi) is 3.44. The summed E-state index contributed by atoms with van der Waals surface area (Å²) in [6.45, 7) is 5.83. The Bertz CT molecular complexity index is 325. The number of carbonyl (C=O) groups excluding carboxylic acids is 1. The van der Waals surface area contributed by atoms with Crippen molar-refractivity contribution < 1.29 is 4.79 Å². The zero-order valence-corrected chi connectivity index (χ0v) is 10.1. The SMILES string of the molecule is CC1C=C(C(=O)N2CCN(C)CC2)C=CC1. The molecule has 0 N–H and O–H groups in total. The van der Waals surface area contributed by atoms with Crippen molar-refractivity contribution in [3.63, 3.8) is 0 Å². The Labute approximate surface area is 97.4 Å². The lowest BCUT2D eigenvalue weighted by atomic mass is 9.97. The minimum absolute atomic E-state index is 0.205. The fourth-order valence-corrected chi connectivity index (χ4v) is 2.17. The number of carbonyl (C=O) groups is 1. The molecule has 1 aliphatic carbocycles. The summed E-state index contributed by atoms with van der Waals surface area (Å²) < 4.78 is 0. The number of nitrogens with zero attached hydrogens (tertiary/aromatic N) is 2. The third-order valence-electron chi connectivity index (χ3n) is 3.31. The maximum Gasteiger partial charge on any atom is 0.253 e. The summed E-state index contributed by atoms with van der Waals surface area (Å²) in [5, 5.41) is 0. The predicted octanol–water partition coefficient (Wildman–Crippen LogP) is 1.28. The first-order chi connectivity index (χ1) is 7.66. The maximum atomic E-state index is 12.2. The third-order valence-corrected chi connectivity index (χ3v) is 3.31. The molecular weight excluding hydrogens is 200 g/mol. The van der Waals surface area contributed by atoms with Crippen LogP contribution in [0, 0.1) is 5.92 Å². The van der Waals surface area contributed by atoms with Crippen molar-refractivity contribution in [2.45, 2.75) is 13.3 Å². The van der Waals surface area contributed by atoms with Gasteiger partial charge in [0.2, 0.25) is 0 Å². The van der Waals surface area contributed by atoms with Gasteiger partial charge in [0.1, 0.15) is 0 Å². The van der Waals surface area contributed by atoms with Gasteiger partial charge in [0.05, 0.1) is 0 Å². The lowest BCUT2D eigenvalue weighted by molar-refractivity contribution is -0.128. The Morgan fingerprint density at radius 1 is 1.31 bits per heavy atom. The van der Waals surface area contributed by atoms with Crippen LogP contribution in [-0.4, -0.2) is 48.9 Å². The van der Waals surface area contributed by atoms with Crippen LogP contribution in [0.3, 0.4) is 0 Å². The molecule has 0 radical (unpaired) electrons. The second-order valence-corrected chi connectivity index (χ2v) is 4.83. The molecule has 0 aromatic rings. The topological polar surface area (TPSA) is 23.6 Å². The quantitative estimate of drug-likeness (QED) is 0.664. The normalized spacial score (nSPS) is 26.8. The predicted molar refractivity (Wildman–Crippen MR) is 65.1 cm³/mol. The van der Waals surface area contributed by atoms with E-state index in [-0.39, 0.29) is 5.91 Å². The second kappa shape index (κ2) is 4.83. The van der Waals surface area contributed by atoms with Crippen LogP contribution in [-0.2, 0) is 4.79 Å². The van der Waals surface area contributed by atoms with Crippen LogP contribution < -0.4 is 0 Å². The number of hydrogen-bond acceptors (Lipinski definition) is 2. The van der Waals surface area contributed by atoms with Gasteiger partial charge in [0, 0.05) is 31.8 Å². The van der Waals surface area contributed by atoms with Crippen molar-refractivity contribution in [1.29, 1.82) is 0 Å². The summed E-state index contributed by atoms with van der Waals surface area (Å²) in [5.41, 5.74) is 0.878.